The maximum Gasteiger partial charge on any atom is 0.265 e. The number of anilines is 1. The zero-order valence-corrected chi connectivity index (χ0v) is 16.8. The van der Waals surface area contributed by atoms with Gasteiger partial charge in [0.05, 0.1) is 23.2 Å². The lowest BCUT2D eigenvalue weighted by atomic mass is 10.2. The molecular formula is C18H22N4O6S. The van der Waals surface area contributed by atoms with E-state index in [1.807, 2.05) is 6.92 Å². The molecule has 1 atom stereocenters. The number of nitrogens with one attached hydrogen (secondary N) is 1. The number of benzene rings is 1. The molecule has 10 nitrogen and oxygen atoms in total. The van der Waals surface area contributed by atoms with Crippen molar-refractivity contribution in [3.05, 3.63) is 29.9 Å². The van der Waals surface area contributed by atoms with Gasteiger partial charge in [-0.15, -0.1) is 0 Å². The molecule has 1 N–H and O–H groups in total. The highest BCUT2D eigenvalue weighted by molar-refractivity contribution is 7.89. The van der Waals surface area contributed by atoms with Crippen LogP contribution in [0.1, 0.15) is 31.5 Å². The SMILES string of the molecule is CCc1nc(CN2C(=O)COc3ccc(S(=O)(=O)NC[C@@H]4CCCO4)cc32)no1. The summed E-state index contributed by atoms with van der Waals surface area (Å²) in [5.41, 5.74) is 0.351. The average Bonchev–Trinajstić information content (AvgIpc) is 3.40. The highest BCUT2D eigenvalue weighted by atomic mass is 32.2. The van der Waals surface area contributed by atoms with E-state index in [-0.39, 0.29) is 36.6 Å². The van der Waals surface area contributed by atoms with Crippen molar-refractivity contribution in [2.75, 3.05) is 24.7 Å². The molecule has 0 bridgehead atoms. The number of hydrogen-bond donors (Lipinski definition) is 1. The van der Waals surface area contributed by atoms with Crippen molar-refractivity contribution in [1.29, 1.82) is 0 Å². The van der Waals surface area contributed by atoms with Gasteiger partial charge in [-0.05, 0) is 31.0 Å². The predicted octanol–water partition coefficient (Wildman–Crippen LogP) is 1.01. The number of rotatable bonds is 7. The van der Waals surface area contributed by atoms with Crippen LogP contribution in [-0.4, -0.2) is 50.3 Å². The van der Waals surface area contributed by atoms with Gasteiger partial charge >= 0.3 is 0 Å². The van der Waals surface area contributed by atoms with E-state index in [0.29, 0.717) is 36.2 Å². The number of aromatic nitrogens is 2. The van der Waals surface area contributed by atoms with Gasteiger partial charge in [0.1, 0.15) is 5.75 Å². The lowest BCUT2D eigenvalue weighted by Gasteiger charge is -2.28. The molecule has 1 fully saturated rings. The molecule has 3 heterocycles. The largest absolute Gasteiger partial charge is 0.482 e. The Balaban J connectivity index is 1.57. The van der Waals surface area contributed by atoms with Crippen molar-refractivity contribution in [3.8, 4) is 5.75 Å². The van der Waals surface area contributed by atoms with Gasteiger partial charge in [-0.1, -0.05) is 12.1 Å². The van der Waals surface area contributed by atoms with Crippen LogP contribution in [0, 0.1) is 0 Å². The van der Waals surface area contributed by atoms with Crippen LogP contribution < -0.4 is 14.4 Å². The summed E-state index contributed by atoms with van der Waals surface area (Å²) in [6.07, 6.45) is 2.22. The van der Waals surface area contributed by atoms with Crippen molar-refractivity contribution in [3.63, 3.8) is 0 Å². The van der Waals surface area contributed by atoms with E-state index in [4.69, 9.17) is 14.0 Å². The first-order chi connectivity index (χ1) is 14.0. The summed E-state index contributed by atoms with van der Waals surface area (Å²) in [4.78, 5) is 18.1. The molecule has 0 aliphatic carbocycles. The van der Waals surface area contributed by atoms with Gasteiger partial charge in [0.2, 0.25) is 15.9 Å². The van der Waals surface area contributed by atoms with Crippen LogP contribution in [0.25, 0.3) is 0 Å². The van der Waals surface area contributed by atoms with E-state index in [1.165, 1.54) is 17.0 Å². The average molecular weight is 422 g/mol. The number of amides is 1. The van der Waals surface area contributed by atoms with E-state index in [1.54, 1.807) is 6.07 Å². The number of hydrogen-bond acceptors (Lipinski definition) is 8. The van der Waals surface area contributed by atoms with E-state index in [0.717, 1.165) is 12.8 Å². The van der Waals surface area contributed by atoms with Gasteiger partial charge < -0.3 is 14.0 Å². The fourth-order valence-electron chi connectivity index (χ4n) is 3.25. The minimum Gasteiger partial charge on any atom is -0.482 e. The van der Waals surface area contributed by atoms with Crippen LogP contribution in [0.3, 0.4) is 0 Å². The van der Waals surface area contributed by atoms with Crippen LogP contribution in [-0.2, 0) is 32.5 Å². The van der Waals surface area contributed by atoms with E-state index < -0.39 is 10.0 Å². The van der Waals surface area contributed by atoms with Crippen LogP contribution in [0.4, 0.5) is 5.69 Å². The first-order valence-electron chi connectivity index (χ1n) is 9.46. The third-order valence-corrected chi connectivity index (χ3v) is 6.24. The molecule has 2 aliphatic rings. The summed E-state index contributed by atoms with van der Waals surface area (Å²) in [5, 5.41) is 3.87. The van der Waals surface area contributed by atoms with Crippen molar-refractivity contribution in [2.24, 2.45) is 0 Å². The zero-order valence-electron chi connectivity index (χ0n) is 16.0. The molecule has 2 aliphatic heterocycles. The summed E-state index contributed by atoms with van der Waals surface area (Å²) in [5.74, 6) is 0.910. The fraction of sp³-hybridized carbons (Fsp3) is 0.500. The van der Waals surface area contributed by atoms with Crippen molar-refractivity contribution in [2.45, 2.75) is 43.7 Å². The monoisotopic (exact) mass is 422 g/mol. The molecule has 4 rings (SSSR count). The molecule has 1 aromatic carbocycles. The summed E-state index contributed by atoms with van der Waals surface area (Å²) < 4.78 is 44.0. The quantitative estimate of drug-likeness (QED) is 0.701. The van der Waals surface area contributed by atoms with Crippen LogP contribution in [0.5, 0.6) is 5.75 Å². The molecule has 1 saturated heterocycles. The number of carbonyl (C=O) groups is 1. The van der Waals surface area contributed by atoms with Crippen LogP contribution in [0.2, 0.25) is 0 Å². The molecule has 0 saturated carbocycles. The number of aryl methyl sites for hydroxylation is 1. The Hall–Kier alpha value is -2.50. The highest BCUT2D eigenvalue weighted by Crippen LogP contribution is 2.35. The second kappa shape index (κ2) is 8.09. The smallest absolute Gasteiger partial charge is 0.265 e. The minimum atomic E-state index is -3.77. The number of ether oxygens (including phenoxy) is 2. The molecule has 0 spiro atoms. The van der Waals surface area contributed by atoms with Gasteiger partial charge in [-0.2, -0.15) is 4.98 Å². The first-order valence-corrected chi connectivity index (χ1v) is 10.9. The molecule has 156 valence electrons. The van der Waals surface area contributed by atoms with Crippen molar-refractivity contribution >= 4 is 21.6 Å². The number of carbonyl (C=O) groups excluding carboxylic acids is 1. The standard InChI is InChI=1S/C18H22N4O6S/c1-2-17-20-16(21-28-17)10-22-14-8-13(5-6-15(14)27-11-18(22)23)29(24,25)19-9-12-4-3-7-26-12/h5-6,8,12,19H,2-4,7,9-11H2,1H3/t12-/m0/s1. The zero-order chi connectivity index (χ0) is 20.4. The lowest BCUT2D eigenvalue weighted by Crippen LogP contribution is -2.39. The first kappa shape index (κ1) is 19.8. The summed E-state index contributed by atoms with van der Waals surface area (Å²) in [7, 11) is -3.77. The van der Waals surface area contributed by atoms with Gasteiger partial charge in [0.15, 0.2) is 12.4 Å². The summed E-state index contributed by atoms with van der Waals surface area (Å²) in [6, 6.07) is 4.42. The Morgan fingerprint density at radius 1 is 1.34 bits per heavy atom. The van der Waals surface area contributed by atoms with Crippen LogP contribution in [0.15, 0.2) is 27.6 Å². The second-order valence-electron chi connectivity index (χ2n) is 6.84. The Kier molecular flexibility index (Phi) is 5.52. The summed E-state index contributed by atoms with van der Waals surface area (Å²) >= 11 is 0. The molecule has 1 amide bonds. The Morgan fingerprint density at radius 2 is 2.21 bits per heavy atom. The number of nitrogens with zero attached hydrogens (tertiary/aromatic N) is 3. The highest BCUT2D eigenvalue weighted by Gasteiger charge is 2.29. The molecule has 1 aromatic heterocycles. The van der Waals surface area contributed by atoms with Crippen LogP contribution >= 0.6 is 0 Å². The molecule has 11 heteroatoms. The Bertz CT molecular complexity index is 1000. The van der Waals surface area contributed by atoms with Gasteiger partial charge in [-0.3, -0.25) is 9.69 Å². The van der Waals surface area contributed by atoms with Gasteiger partial charge in [-0.25, -0.2) is 13.1 Å². The van der Waals surface area contributed by atoms with E-state index in [9.17, 15) is 13.2 Å². The van der Waals surface area contributed by atoms with Crippen molar-refractivity contribution < 1.29 is 27.2 Å². The van der Waals surface area contributed by atoms with E-state index >= 15 is 0 Å². The third kappa shape index (κ3) is 4.26. The van der Waals surface area contributed by atoms with E-state index in [2.05, 4.69) is 14.9 Å². The lowest BCUT2D eigenvalue weighted by molar-refractivity contribution is -0.121. The maximum atomic E-state index is 12.7. The molecule has 29 heavy (non-hydrogen) atoms. The molecule has 2 aromatic rings. The Labute approximate surface area is 168 Å². The predicted molar refractivity (Wildman–Crippen MR) is 101 cm³/mol. The number of fused-ring (bicyclic) bond motifs is 1. The van der Waals surface area contributed by atoms with Gasteiger partial charge in [0.25, 0.3) is 5.91 Å². The Morgan fingerprint density at radius 3 is 2.93 bits per heavy atom. The minimum absolute atomic E-state index is 0.0416. The molecule has 0 radical (unpaired) electrons. The molecule has 0 unspecified atom stereocenters. The third-order valence-electron chi connectivity index (χ3n) is 4.82. The normalized spacial score (nSPS) is 19.3. The topological polar surface area (TPSA) is 124 Å². The maximum absolute atomic E-state index is 12.7. The second-order valence-corrected chi connectivity index (χ2v) is 8.61. The summed E-state index contributed by atoms with van der Waals surface area (Å²) in [6.45, 7) is 2.66. The molecular weight excluding hydrogens is 400 g/mol. The number of sulfonamides is 1. The fourth-order valence-corrected chi connectivity index (χ4v) is 4.34. The van der Waals surface area contributed by atoms with Gasteiger partial charge in [0, 0.05) is 19.6 Å². The van der Waals surface area contributed by atoms with Crippen molar-refractivity contribution in [1.82, 2.24) is 14.9 Å².